The summed E-state index contributed by atoms with van der Waals surface area (Å²) in [7, 11) is 0. The molecule has 1 atom stereocenters. The van der Waals surface area contributed by atoms with Crippen molar-refractivity contribution in [2.45, 2.75) is 58.2 Å². The van der Waals surface area contributed by atoms with Gasteiger partial charge in [-0.05, 0) is 74.6 Å². The second-order valence-electron chi connectivity index (χ2n) is 6.90. The van der Waals surface area contributed by atoms with Gasteiger partial charge in [-0.15, -0.1) is 0 Å². The van der Waals surface area contributed by atoms with Gasteiger partial charge in [-0.3, -0.25) is 4.98 Å². The molecule has 0 aromatic carbocycles. The number of likely N-dealkylation sites (tertiary alicyclic amines) is 1. The van der Waals surface area contributed by atoms with Gasteiger partial charge >= 0.3 is 6.09 Å². The monoisotopic (exact) mass is 383 g/mol. The van der Waals surface area contributed by atoms with Crippen LogP contribution in [0.2, 0.25) is 0 Å². The lowest BCUT2D eigenvalue weighted by Gasteiger charge is -2.28. The number of ether oxygens (including phenoxy) is 1. The highest BCUT2D eigenvalue weighted by Crippen LogP contribution is 2.22. The number of nitrogens with one attached hydrogen (secondary N) is 1. The van der Waals surface area contributed by atoms with Gasteiger partial charge in [0.05, 0.1) is 5.69 Å². The first-order valence-corrected chi connectivity index (χ1v) is 8.95. The summed E-state index contributed by atoms with van der Waals surface area (Å²) in [5, 5.41) is 3.40. The Labute approximate surface area is 146 Å². The Kier molecular flexibility index (Phi) is 6.41. The topological polar surface area (TPSA) is 54.5 Å². The number of pyridine rings is 1. The maximum Gasteiger partial charge on any atom is 0.410 e. The van der Waals surface area contributed by atoms with Crippen LogP contribution in [0, 0.1) is 0 Å². The van der Waals surface area contributed by atoms with Crippen LogP contribution in [0.25, 0.3) is 0 Å². The molecule has 0 spiro atoms. The third-order valence-electron chi connectivity index (χ3n) is 3.75. The van der Waals surface area contributed by atoms with Crippen molar-refractivity contribution >= 4 is 22.0 Å². The zero-order chi connectivity index (χ0) is 16.9. The van der Waals surface area contributed by atoms with Gasteiger partial charge in [-0.1, -0.05) is 0 Å². The first-order valence-electron chi connectivity index (χ1n) is 8.16. The average molecular weight is 384 g/mol. The zero-order valence-electron chi connectivity index (χ0n) is 14.1. The molecule has 6 heteroatoms. The Morgan fingerprint density at radius 3 is 2.91 bits per heavy atom. The molecule has 0 bridgehead atoms. The van der Waals surface area contributed by atoms with Gasteiger partial charge in [0.25, 0.3) is 0 Å². The van der Waals surface area contributed by atoms with Gasteiger partial charge in [-0.25, -0.2) is 4.79 Å². The molecule has 23 heavy (non-hydrogen) atoms. The Hall–Kier alpha value is -1.14. The number of amides is 1. The maximum atomic E-state index is 12.2. The van der Waals surface area contributed by atoms with Crippen LogP contribution in [0.15, 0.2) is 22.8 Å². The Morgan fingerprint density at radius 2 is 2.26 bits per heavy atom. The lowest BCUT2D eigenvalue weighted by atomic mass is 10.1. The molecular formula is C17H26BrN3O2. The van der Waals surface area contributed by atoms with Crippen molar-refractivity contribution in [1.82, 2.24) is 15.2 Å². The van der Waals surface area contributed by atoms with Crippen LogP contribution in [-0.4, -0.2) is 40.7 Å². The van der Waals surface area contributed by atoms with Crippen molar-refractivity contribution in [3.63, 3.8) is 0 Å². The van der Waals surface area contributed by atoms with Crippen molar-refractivity contribution in [3.8, 4) is 0 Å². The van der Waals surface area contributed by atoms with Crippen LogP contribution < -0.4 is 5.32 Å². The lowest BCUT2D eigenvalue weighted by Crippen LogP contribution is -2.40. The normalized spacial score (nSPS) is 18.3. The zero-order valence-corrected chi connectivity index (χ0v) is 15.7. The smallest absolute Gasteiger partial charge is 0.410 e. The van der Waals surface area contributed by atoms with Gasteiger partial charge < -0.3 is 15.0 Å². The molecule has 2 heterocycles. The van der Waals surface area contributed by atoms with E-state index in [1.165, 1.54) is 0 Å². The quantitative estimate of drug-likeness (QED) is 0.787. The fraction of sp³-hybridized carbons (Fsp3) is 0.647. The Bertz CT molecular complexity index is 514. The van der Waals surface area contributed by atoms with E-state index in [0.29, 0.717) is 0 Å². The number of nitrogens with zero attached hydrogens (tertiary/aromatic N) is 2. The molecule has 0 radical (unpaired) electrons. The predicted molar refractivity (Wildman–Crippen MR) is 94.2 cm³/mol. The third kappa shape index (κ3) is 6.11. The number of carbonyl (C=O) groups excluding carboxylic acids is 1. The van der Waals surface area contributed by atoms with E-state index in [4.69, 9.17) is 4.74 Å². The fourth-order valence-electron chi connectivity index (χ4n) is 2.69. The van der Waals surface area contributed by atoms with Gasteiger partial charge in [0.15, 0.2) is 0 Å². The molecule has 1 saturated heterocycles. The van der Waals surface area contributed by atoms with Crippen LogP contribution in [0.4, 0.5) is 4.79 Å². The highest BCUT2D eigenvalue weighted by Gasteiger charge is 2.31. The molecule has 1 aromatic heterocycles. The summed E-state index contributed by atoms with van der Waals surface area (Å²) < 4.78 is 6.48. The largest absolute Gasteiger partial charge is 0.444 e. The number of halogens is 1. The summed E-state index contributed by atoms with van der Waals surface area (Å²) in [6, 6.07) is 4.26. The van der Waals surface area contributed by atoms with E-state index in [9.17, 15) is 4.79 Å². The number of hydrogen-bond acceptors (Lipinski definition) is 4. The maximum absolute atomic E-state index is 12.2. The molecule has 1 unspecified atom stereocenters. The number of carbonyl (C=O) groups is 1. The van der Waals surface area contributed by atoms with E-state index in [1.54, 1.807) is 6.20 Å². The first-order chi connectivity index (χ1) is 10.8. The minimum Gasteiger partial charge on any atom is -0.444 e. The molecule has 5 nitrogen and oxygen atoms in total. The van der Waals surface area contributed by atoms with Gasteiger partial charge in [-0.2, -0.15) is 0 Å². The van der Waals surface area contributed by atoms with Crippen molar-refractivity contribution in [3.05, 3.63) is 28.5 Å². The fourth-order valence-corrected chi connectivity index (χ4v) is 2.93. The van der Waals surface area contributed by atoms with Crippen molar-refractivity contribution < 1.29 is 9.53 Å². The van der Waals surface area contributed by atoms with Crippen LogP contribution in [0.3, 0.4) is 0 Å². The average Bonchev–Trinajstić information content (AvgIpc) is 2.92. The number of rotatable bonds is 5. The van der Waals surface area contributed by atoms with Gasteiger partial charge in [0.1, 0.15) is 5.60 Å². The summed E-state index contributed by atoms with van der Waals surface area (Å²) >= 11 is 3.38. The van der Waals surface area contributed by atoms with E-state index < -0.39 is 5.60 Å². The molecule has 0 aliphatic carbocycles. The summed E-state index contributed by atoms with van der Waals surface area (Å²) in [5.41, 5.74) is 0.582. The van der Waals surface area contributed by atoms with Gasteiger partial charge in [0.2, 0.25) is 0 Å². The number of aromatic nitrogens is 1. The Balaban J connectivity index is 1.73. The molecule has 1 fully saturated rings. The minimum atomic E-state index is -0.435. The minimum absolute atomic E-state index is 0.186. The van der Waals surface area contributed by atoms with Crippen molar-refractivity contribution in [2.75, 3.05) is 13.1 Å². The first kappa shape index (κ1) is 18.2. The standard InChI is InChI=1S/C17H26BrN3O2/c1-17(2,3)23-16(22)21-10-4-5-15(21)8-9-19-12-14-7-6-13(18)11-20-14/h6-7,11,15,19H,4-5,8-10,12H2,1-3H3. The Morgan fingerprint density at radius 1 is 1.48 bits per heavy atom. The van der Waals surface area contributed by atoms with E-state index in [2.05, 4.69) is 26.2 Å². The summed E-state index contributed by atoms with van der Waals surface area (Å²) in [6.07, 6.45) is 4.67. The third-order valence-corrected chi connectivity index (χ3v) is 4.22. The number of hydrogen-bond donors (Lipinski definition) is 1. The SMILES string of the molecule is CC(C)(C)OC(=O)N1CCCC1CCNCc1ccc(Br)cn1. The molecule has 1 aliphatic rings. The van der Waals surface area contributed by atoms with Crippen LogP contribution >= 0.6 is 15.9 Å². The molecule has 1 aliphatic heterocycles. The molecular weight excluding hydrogens is 358 g/mol. The molecule has 128 valence electrons. The summed E-state index contributed by atoms with van der Waals surface area (Å²) in [5.74, 6) is 0. The van der Waals surface area contributed by atoms with Crippen LogP contribution in [0.5, 0.6) is 0 Å². The van der Waals surface area contributed by atoms with Crippen LogP contribution in [0.1, 0.15) is 45.7 Å². The molecule has 1 aromatic rings. The van der Waals surface area contributed by atoms with E-state index in [0.717, 1.165) is 49.1 Å². The van der Waals surface area contributed by atoms with Crippen molar-refractivity contribution in [1.29, 1.82) is 0 Å². The van der Waals surface area contributed by atoms with E-state index in [1.807, 2.05) is 37.8 Å². The second kappa shape index (κ2) is 8.11. The van der Waals surface area contributed by atoms with E-state index in [-0.39, 0.29) is 12.1 Å². The summed E-state index contributed by atoms with van der Waals surface area (Å²) in [6.45, 7) is 8.12. The molecule has 0 saturated carbocycles. The van der Waals surface area contributed by atoms with Crippen molar-refractivity contribution in [2.24, 2.45) is 0 Å². The second-order valence-corrected chi connectivity index (χ2v) is 7.82. The van der Waals surface area contributed by atoms with Gasteiger partial charge in [0, 0.05) is 29.8 Å². The van der Waals surface area contributed by atoms with Crippen LogP contribution in [-0.2, 0) is 11.3 Å². The predicted octanol–water partition coefficient (Wildman–Crippen LogP) is 3.72. The highest BCUT2D eigenvalue weighted by molar-refractivity contribution is 9.10. The molecule has 1 amide bonds. The van der Waals surface area contributed by atoms with E-state index >= 15 is 0 Å². The molecule has 2 rings (SSSR count). The molecule has 1 N–H and O–H groups in total. The lowest BCUT2D eigenvalue weighted by molar-refractivity contribution is 0.0220. The summed E-state index contributed by atoms with van der Waals surface area (Å²) in [4.78, 5) is 18.4. The highest BCUT2D eigenvalue weighted by atomic mass is 79.9.